The Kier molecular flexibility index (Phi) is 5.21. The Morgan fingerprint density at radius 3 is 2.68 bits per heavy atom. The molecule has 2 aromatic rings. The van der Waals surface area contributed by atoms with Crippen molar-refractivity contribution >= 4 is 17.0 Å². The van der Waals surface area contributed by atoms with E-state index in [9.17, 15) is 9.50 Å². The summed E-state index contributed by atoms with van der Waals surface area (Å²) in [6, 6.07) is 6.73. The Bertz CT molecular complexity index is 611. The van der Waals surface area contributed by atoms with Gasteiger partial charge in [-0.25, -0.2) is 4.39 Å². The average Bonchev–Trinajstić information content (AvgIpc) is 2.99. The fraction of sp³-hybridized carbons (Fsp3) is 0.412. The number of aliphatic hydroxyl groups is 1. The summed E-state index contributed by atoms with van der Waals surface area (Å²) in [5.41, 5.74) is 1.83. The minimum Gasteiger partial charge on any atom is -0.384 e. The second-order valence-corrected chi connectivity index (χ2v) is 6.77. The van der Waals surface area contributed by atoms with Crippen molar-refractivity contribution in [3.63, 3.8) is 0 Å². The lowest BCUT2D eigenvalue weighted by Crippen LogP contribution is -2.36. The number of hydrogen-bond donors (Lipinski definition) is 2. The minimum atomic E-state index is -0.924. The van der Waals surface area contributed by atoms with Crippen LogP contribution in [0.3, 0.4) is 0 Å². The van der Waals surface area contributed by atoms with Gasteiger partial charge in [0.05, 0.1) is 0 Å². The standard InChI is InChI=1S/C17H23FN2OS/c1-12(15-6-5-14(18)9-16(15)20(3)4)19-11-17(2,21)13-7-8-22-10-13/h5-10,12,19,21H,11H2,1-4H3. The van der Waals surface area contributed by atoms with Crippen molar-refractivity contribution in [1.82, 2.24) is 5.32 Å². The van der Waals surface area contributed by atoms with Crippen LogP contribution in [0.2, 0.25) is 0 Å². The molecule has 0 radical (unpaired) electrons. The lowest BCUT2D eigenvalue weighted by Gasteiger charge is -2.27. The van der Waals surface area contributed by atoms with Crippen LogP contribution in [0, 0.1) is 5.82 Å². The van der Waals surface area contributed by atoms with E-state index in [1.54, 1.807) is 24.3 Å². The Morgan fingerprint density at radius 2 is 2.09 bits per heavy atom. The first-order valence-corrected chi connectivity index (χ1v) is 8.21. The molecule has 0 aliphatic heterocycles. The number of hydrogen-bond acceptors (Lipinski definition) is 4. The maximum atomic E-state index is 13.4. The maximum absolute atomic E-state index is 13.4. The largest absolute Gasteiger partial charge is 0.384 e. The van der Waals surface area contributed by atoms with Gasteiger partial charge in [-0.2, -0.15) is 11.3 Å². The summed E-state index contributed by atoms with van der Waals surface area (Å²) < 4.78 is 13.4. The predicted molar refractivity (Wildman–Crippen MR) is 91.0 cm³/mol. The molecule has 2 rings (SSSR count). The molecule has 0 saturated heterocycles. The summed E-state index contributed by atoms with van der Waals surface area (Å²) in [5, 5.41) is 17.8. The van der Waals surface area contributed by atoms with Crippen LogP contribution in [0.15, 0.2) is 35.0 Å². The number of rotatable bonds is 6. The van der Waals surface area contributed by atoms with Gasteiger partial charge in [-0.05, 0) is 53.9 Å². The van der Waals surface area contributed by atoms with E-state index in [1.807, 2.05) is 42.7 Å². The Hall–Kier alpha value is -1.43. The van der Waals surface area contributed by atoms with Gasteiger partial charge < -0.3 is 15.3 Å². The Balaban J connectivity index is 2.11. The van der Waals surface area contributed by atoms with Crippen LogP contribution in [0.1, 0.15) is 31.0 Å². The molecule has 2 unspecified atom stereocenters. The van der Waals surface area contributed by atoms with E-state index >= 15 is 0 Å². The van der Waals surface area contributed by atoms with Gasteiger partial charge in [0, 0.05) is 32.4 Å². The molecule has 120 valence electrons. The summed E-state index contributed by atoms with van der Waals surface area (Å²) in [4.78, 5) is 1.90. The first kappa shape index (κ1) is 16.9. The van der Waals surface area contributed by atoms with Gasteiger partial charge in [0.15, 0.2) is 0 Å². The molecule has 22 heavy (non-hydrogen) atoms. The highest BCUT2D eigenvalue weighted by Gasteiger charge is 2.24. The van der Waals surface area contributed by atoms with E-state index in [-0.39, 0.29) is 11.9 Å². The van der Waals surface area contributed by atoms with Gasteiger partial charge in [0.25, 0.3) is 0 Å². The van der Waals surface area contributed by atoms with Gasteiger partial charge in [0.2, 0.25) is 0 Å². The predicted octanol–water partition coefficient (Wildman–Crippen LogP) is 3.51. The molecule has 0 bridgehead atoms. The third-order valence-electron chi connectivity index (χ3n) is 3.84. The molecule has 0 saturated carbocycles. The zero-order valence-electron chi connectivity index (χ0n) is 13.4. The molecule has 1 aromatic heterocycles. The number of halogens is 1. The van der Waals surface area contributed by atoms with Crippen LogP contribution >= 0.6 is 11.3 Å². The summed E-state index contributed by atoms with van der Waals surface area (Å²) in [7, 11) is 3.79. The molecule has 1 heterocycles. The molecule has 2 N–H and O–H groups in total. The number of nitrogens with one attached hydrogen (secondary N) is 1. The van der Waals surface area contributed by atoms with Crippen LogP contribution in [0.5, 0.6) is 0 Å². The summed E-state index contributed by atoms with van der Waals surface area (Å²) in [5.74, 6) is -0.245. The molecule has 0 amide bonds. The van der Waals surface area contributed by atoms with E-state index in [0.717, 1.165) is 16.8 Å². The van der Waals surface area contributed by atoms with E-state index in [2.05, 4.69) is 5.32 Å². The summed E-state index contributed by atoms with van der Waals surface area (Å²) in [6.45, 7) is 4.24. The van der Waals surface area contributed by atoms with Crippen molar-refractivity contribution in [2.45, 2.75) is 25.5 Å². The highest BCUT2D eigenvalue weighted by atomic mass is 32.1. The fourth-order valence-corrected chi connectivity index (χ4v) is 3.19. The minimum absolute atomic E-state index is 0.00288. The molecule has 3 nitrogen and oxygen atoms in total. The maximum Gasteiger partial charge on any atom is 0.125 e. The van der Waals surface area contributed by atoms with E-state index in [1.165, 1.54) is 12.1 Å². The van der Waals surface area contributed by atoms with Gasteiger partial charge in [0.1, 0.15) is 11.4 Å². The molecule has 0 fully saturated rings. The average molecular weight is 322 g/mol. The van der Waals surface area contributed by atoms with Crippen molar-refractivity contribution in [1.29, 1.82) is 0 Å². The van der Waals surface area contributed by atoms with Crippen molar-refractivity contribution in [3.05, 3.63) is 52.0 Å². The fourth-order valence-electron chi connectivity index (χ4n) is 2.41. The van der Waals surface area contributed by atoms with Crippen LogP contribution in [0.4, 0.5) is 10.1 Å². The number of thiophene rings is 1. The molecule has 0 aliphatic carbocycles. The first-order valence-electron chi connectivity index (χ1n) is 7.26. The third kappa shape index (κ3) is 3.85. The first-order chi connectivity index (χ1) is 10.3. The zero-order valence-corrected chi connectivity index (χ0v) is 14.2. The molecular formula is C17H23FN2OS. The van der Waals surface area contributed by atoms with Crippen LogP contribution < -0.4 is 10.2 Å². The summed E-state index contributed by atoms with van der Waals surface area (Å²) in [6.07, 6.45) is 0. The highest BCUT2D eigenvalue weighted by Crippen LogP contribution is 2.28. The Labute approximate surface area is 135 Å². The van der Waals surface area contributed by atoms with E-state index in [4.69, 9.17) is 0 Å². The monoisotopic (exact) mass is 322 g/mol. The molecule has 0 spiro atoms. The molecule has 2 atom stereocenters. The number of anilines is 1. The quantitative estimate of drug-likeness (QED) is 0.854. The highest BCUT2D eigenvalue weighted by molar-refractivity contribution is 7.08. The SMILES string of the molecule is CC(NCC(C)(O)c1ccsc1)c1ccc(F)cc1N(C)C. The smallest absolute Gasteiger partial charge is 0.125 e. The number of benzene rings is 1. The zero-order chi connectivity index (χ0) is 16.3. The van der Waals surface area contributed by atoms with Crippen molar-refractivity contribution in [3.8, 4) is 0 Å². The van der Waals surface area contributed by atoms with Gasteiger partial charge >= 0.3 is 0 Å². The number of nitrogens with zero attached hydrogens (tertiary/aromatic N) is 1. The molecule has 5 heteroatoms. The third-order valence-corrected chi connectivity index (χ3v) is 4.52. The second-order valence-electron chi connectivity index (χ2n) is 5.99. The Morgan fingerprint density at radius 1 is 1.36 bits per heavy atom. The molecule has 1 aromatic carbocycles. The summed E-state index contributed by atoms with van der Waals surface area (Å²) >= 11 is 1.57. The second kappa shape index (κ2) is 6.77. The molecule has 0 aliphatic rings. The van der Waals surface area contributed by atoms with Gasteiger partial charge in [-0.15, -0.1) is 0 Å². The lowest BCUT2D eigenvalue weighted by molar-refractivity contribution is 0.0548. The van der Waals surface area contributed by atoms with Crippen LogP contribution in [0.25, 0.3) is 0 Å². The normalized spacial score (nSPS) is 15.4. The topological polar surface area (TPSA) is 35.5 Å². The lowest BCUT2D eigenvalue weighted by atomic mass is 9.98. The van der Waals surface area contributed by atoms with Gasteiger partial charge in [-0.3, -0.25) is 0 Å². The molecular weight excluding hydrogens is 299 g/mol. The van der Waals surface area contributed by atoms with Crippen molar-refractivity contribution in [2.75, 3.05) is 25.5 Å². The van der Waals surface area contributed by atoms with Gasteiger partial charge in [-0.1, -0.05) is 6.07 Å². The van der Waals surface area contributed by atoms with Crippen molar-refractivity contribution < 1.29 is 9.50 Å². The van der Waals surface area contributed by atoms with Crippen LogP contribution in [-0.4, -0.2) is 25.7 Å². The van der Waals surface area contributed by atoms with Crippen LogP contribution in [-0.2, 0) is 5.60 Å². The van der Waals surface area contributed by atoms with E-state index < -0.39 is 5.60 Å². The van der Waals surface area contributed by atoms with Crippen molar-refractivity contribution in [2.24, 2.45) is 0 Å². The van der Waals surface area contributed by atoms with E-state index in [0.29, 0.717) is 6.54 Å².